The van der Waals surface area contributed by atoms with Crippen molar-refractivity contribution in [2.24, 2.45) is 0 Å². The monoisotopic (exact) mass is 1630 g/mol. The van der Waals surface area contributed by atoms with Gasteiger partial charge in [-0.25, -0.2) is 29.9 Å². The van der Waals surface area contributed by atoms with E-state index in [4.69, 9.17) is 29.9 Å². The Morgan fingerprint density at radius 3 is 0.733 bits per heavy atom. The van der Waals surface area contributed by atoms with Gasteiger partial charge in [-0.05, 0) is 370 Å². The first-order chi connectivity index (χ1) is 54.3. The molecule has 588 valence electrons. The van der Waals surface area contributed by atoms with E-state index in [1.165, 1.54) is 0 Å². The summed E-state index contributed by atoms with van der Waals surface area (Å²) < 4.78 is 0. The number of carbonyl (C=O) groups is 6. The molecule has 6 aliphatic rings. The Bertz CT molecular complexity index is 5780. The Morgan fingerprint density at radius 1 is 0.259 bits per heavy atom. The number of rotatable bonds is 18. The average Bonchev–Trinajstić information content (AvgIpc) is 1.64. The van der Waals surface area contributed by atoms with Crippen molar-refractivity contribution in [1.29, 1.82) is 0 Å². The summed E-state index contributed by atoms with van der Waals surface area (Å²) in [5.41, 5.74) is 36.0. The second-order valence-corrected chi connectivity index (χ2v) is 29.8. The van der Waals surface area contributed by atoms with Crippen LogP contribution in [0.3, 0.4) is 0 Å². The van der Waals surface area contributed by atoms with E-state index < -0.39 is 35.8 Å². The molecule has 0 aliphatic carbocycles. The molecule has 0 saturated carbocycles. The smallest absolute Gasteiger partial charge is 0.550 e. The molecule has 24 nitrogen and oxygen atoms in total. The van der Waals surface area contributed by atoms with Crippen LogP contribution in [0.15, 0.2) is 91.0 Å². The molecule has 0 unspecified atom stereocenters. The molecular weight excluding hydrogens is 1550 g/mol. The molecule has 0 spiro atoms. The summed E-state index contributed by atoms with van der Waals surface area (Å²) >= 11 is 0. The van der Waals surface area contributed by atoms with Crippen LogP contribution in [-0.2, 0) is 82.8 Å². The molecule has 6 aliphatic heterocycles. The van der Waals surface area contributed by atoms with Gasteiger partial charge in [-0.2, -0.15) is 0 Å². The molecule has 0 saturated heterocycles. The quantitative estimate of drug-likeness (QED) is 0.0465. The molecule has 15 heterocycles. The Morgan fingerprint density at radius 2 is 0.491 bits per heavy atom. The van der Waals surface area contributed by atoms with Crippen LogP contribution in [0.5, 0.6) is 0 Å². The third-order valence-electron chi connectivity index (χ3n) is 21.7. The predicted molar refractivity (Wildman–Crippen MR) is 432 cm³/mol. The molecule has 9 aromatic rings. The number of H-pyrrole nitrogens is 6. The molecule has 24 bridgehead atoms. The molecule has 116 heavy (non-hydrogen) atoms. The predicted octanol–water partition coefficient (Wildman–Crippen LogP) is 10.9. The largest absolute Gasteiger partial charge is 3.00 e. The van der Waals surface area contributed by atoms with Crippen molar-refractivity contribution < 1.29 is 94.1 Å². The van der Waals surface area contributed by atoms with Crippen molar-refractivity contribution >= 4 is 170 Å². The van der Waals surface area contributed by atoms with Gasteiger partial charge in [-0.3, -0.25) is 0 Å². The van der Waals surface area contributed by atoms with Gasteiger partial charge in [0.1, 0.15) is 0 Å². The van der Waals surface area contributed by atoms with Gasteiger partial charge in [0.2, 0.25) is 0 Å². The number of aryl methyl sites for hydroxylation is 9. The summed E-state index contributed by atoms with van der Waals surface area (Å²) in [6.45, 7) is 23.8. The number of allylic oxidation sites excluding steroid dienone is 9. The van der Waals surface area contributed by atoms with Crippen LogP contribution in [0, 0.1) is 41.5 Å². The maximum atomic E-state index is 11.3. The number of nitrogens with one attached hydrogen (secondary N) is 6. The van der Waals surface area contributed by atoms with E-state index in [0.717, 1.165) is 218 Å². The van der Waals surface area contributed by atoms with Crippen LogP contribution in [0.2, 0.25) is 0 Å². The van der Waals surface area contributed by atoms with Crippen LogP contribution < -0.4 is 30.6 Å². The number of aromatic nitrogens is 12. The zero-order chi connectivity index (χ0) is 81.4. The van der Waals surface area contributed by atoms with Crippen molar-refractivity contribution in [3.05, 3.63) is 209 Å². The third-order valence-corrected chi connectivity index (χ3v) is 21.7. The zero-order valence-electron chi connectivity index (χ0n) is 66.3. The van der Waals surface area contributed by atoms with Crippen molar-refractivity contribution in [3.63, 3.8) is 0 Å². The first kappa shape index (κ1) is 84.6. The Labute approximate surface area is 689 Å². The van der Waals surface area contributed by atoms with Crippen molar-refractivity contribution in [1.82, 2.24) is 59.8 Å². The van der Waals surface area contributed by atoms with E-state index in [1.54, 1.807) is 0 Å². The second-order valence-electron chi connectivity index (χ2n) is 29.8. The molecule has 15 rings (SSSR count). The molecule has 2 radical (unpaired) electrons. The van der Waals surface area contributed by atoms with Crippen molar-refractivity contribution in [2.45, 2.75) is 160 Å². The summed E-state index contributed by atoms with van der Waals surface area (Å²) in [4.78, 5) is 118. The number of carboxylic acids is 6. The number of aromatic amines is 6. The molecule has 6 N–H and O–H groups in total. The van der Waals surface area contributed by atoms with Crippen molar-refractivity contribution in [3.8, 4) is 0 Å². The number of carbonyl (C=O) groups excluding carboxylic acids is 6. The van der Waals surface area contributed by atoms with Gasteiger partial charge in [0, 0.05) is 102 Å². The van der Waals surface area contributed by atoms with E-state index in [9.17, 15) is 59.4 Å². The number of hydrogen-bond donors (Lipinski definition) is 6. The van der Waals surface area contributed by atoms with Gasteiger partial charge in [0.05, 0.1) is 68.3 Å². The summed E-state index contributed by atoms with van der Waals surface area (Å²) in [5.74, 6) is -6.74. The van der Waals surface area contributed by atoms with Crippen LogP contribution in [0.4, 0.5) is 0 Å². The van der Waals surface area contributed by atoms with E-state index >= 15 is 0 Å². The molecule has 0 amide bonds. The Kier molecular flexibility index (Phi) is 25.7. The maximum Gasteiger partial charge on any atom is 3.00 e. The standard InChI is InChI=1S/3C30H30N4O4.2Cr/c3*1-15-9-20-12-25-17(3)21(5-7-29(35)36)27(33-25)14-28-22(6-8-30(37)38)18(4)26(34-28)13-24-16(2)10-19(32-24)11-23(15)31-20;;/h3*9-14,32-33H,5-8H2,1-4H3,(H,35,36)(H,37,38);;/q;;;2*+3/p-6. The summed E-state index contributed by atoms with van der Waals surface area (Å²) in [6.07, 6.45) is 6.99. The van der Waals surface area contributed by atoms with E-state index in [-0.39, 0.29) is 112 Å². The van der Waals surface area contributed by atoms with Crippen LogP contribution in [-0.4, -0.2) is 95.6 Å². The topological polar surface area (TPSA) is 413 Å². The average molecular weight is 1630 g/mol. The van der Waals surface area contributed by atoms with E-state index in [0.29, 0.717) is 17.1 Å². The van der Waals surface area contributed by atoms with Gasteiger partial charge in [0.25, 0.3) is 0 Å². The fourth-order valence-electron chi connectivity index (χ4n) is 15.3. The first-order valence-electron chi connectivity index (χ1n) is 37.8. The van der Waals surface area contributed by atoms with Crippen LogP contribution in [0.1, 0.15) is 218 Å². The maximum absolute atomic E-state index is 11.3. The van der Waals surface area contributed by atoms with Gasteiger partial charge in [-0.1, -0.05) is 0 Å². The van der Waals surface area contributed by atoms with Gasteiger partial charge in [-0.15, -0.1) is 0 Å². The molecule has 9 aromatic heterocycles. The molecule has 0 fully saturated rings. The van der Waals surface area contributed by atoms with Crippen LogP contribution >= 0.6 is 0 Å². The summed E-state index contributed by atoms with van der Waals surface area (Å²) in [5, 5.41) is 67.8. The summed E-state index contributed by atoms with van der Waals surface area (Å²) in [7, 11) is 0. The zero-order valence-corrected chi connectivity index (χ0v) is 68.8. The number of hydrogen-bond acceptors (Lipinski definition) is 18. The minimum Gasteiger partial charge on any atom is -0.550 e. The molecule has 26 heteroatoms. The number of fused-ring (bicyclic) bond motifs is 24. The Hall–Kier alpha value is -12.3. The van der Waals surface area contributed by atoms with Crippen molar-refractivity contribution in [2.75, 3.05) is 0 Å². The van der Waals surface area contributed by atoms with Gasteiger partial charge >= 0.3 is 34.7 Å². The summed E-state index contributed by atoms with van der Waals surface area (Å²) in [6, 6.07) is 29.6. The van der Waals surface area contributed by atoms with Crippen LogP contribution in [0.25, 0.3) is 135 Å². The molecule has 0 aromatic carbocycles. The number of nitrogens with zero attached hydrogens (tertiary/aromatic N) is 6. The minimum atomic E-state index is -1.13. The minimum absolute atomic E-state index is 0. The second kappa shape index (κ2) is 35.2. The number of aliphatic carboxylic acids is 6. The molecular formula is C90H84Cr2N12O12. The van der Waals surface area contributed by atoms with E-state index in [1.807, 2.05) is 174 Å². The van der Waals surface area contributed by atoms with E-state index in [2.05, 4.69) is 48.1 Å². The fourth-order valence-corrected chi connectivity index (χ4v) is 15.3. The van der Waals surface area contributed by atoms with Gasteiger partial charge < -0.3 is 89.3 Å². The number of carboxylic acid groups (broad SMARTS) is 6. The Balaban J connectivity index is 0.000000170. The third kappa shape index (κ3) is 18.9. The molecule has 0 atom stereocenters. The first-order valence-corrected chi connectivity index (χ1v) is 37.8. The fraction of sp³-hybridized carbons (Fsp3) is 0.267. The van der Waals surface area contributed by atoms with Gasteiger partial charge in [0.15, 0.2) is 0 Å². The SMILES string of the molecule is CC1=Cc2cc3[nH]c(cc4nc(cc5[nH]c(cc1n2)cc5C)C(C)=C4CCC(=O)[O-])c(CCC(=O)[O-])c3C.CC1=Cc2cc3[nH]c(cc4nc(cc5[nH]c(cc1n2)cc5C)C(C)=C4CCC(=O)[O-])c(CCC(=O)[O-])c3C.CC1=Cc2cc3[nH]c(cc4nc(cc5[nH]c(cc1n2)cc5C)C(C)=C4CCC(=O)[O-])c(CCC(=O)[O-])c3C.[Cr+3].[Cr+3]. The normalized spacial score (nSPS) is 12.9.